The second kappa shape index (κ2) is 8.46. The molecule has 0 spiro atoms. The molecular formula is C21H16ClN3O2S. The second-order valence-corrected chi connectivity index (χ2v) is 7.57. The molecule has 5 nitrogen and oxygen atoms in total. The van der Waals surface area contributed by atoms with Crippen LogP contribution in [0.2, 0.25) is 5.02 Å². The number of hydrogen-bond donors (Lipinski definition) is 1. The Hall–Kier alpha value is -2.83. The van der Waals surface area contributed by atoms with Gasteiger partial charge in [-0.3, -0.25) is 4.79 Å². The Morgan fingerprint density at radius 2 is 1.79 bits per heavy atom. The highest BCUT2D eigenvalue weighted by molar-refractivity contribution is 7.99. The van der Waals surface area contributed by atoms with E-state index in [0.717, 1.165) is 22.0 Å². The van der Waals surface area contributed by atoms with Crippen LogP contribution in [-0.4, -0.2) is 21.9 Å². The first-order valence-corrected chi connectivity index (χ1v) is 10.0. The molecule has 3 aromatic carbocycles. The van der Waals surface area contributed by atoms with E-state index >= 15 is 0 Å². The summed E-state index contributed by atoms with van der Waals surface area (Å²) in [5.41, 5.74) is 1.59. The highest BCUT2D eigenvalue weighted by Gasteiger charge is 2.11. The molecule has 1 aromatic heterocycles. The number of carbonyl (C=O) groups is 1. The van der Waals surface area contributed by atoms with Crippen molar-refractivity contribution in [1.29, 1.82) is 0 Å². The predicted octanol–water partition coefficient (Wildman–Crippen LogP) is 5.66. The Morgan fingerprint density at radius 1 is 1.00 bits per heavy atom. The molecule has 0 radical (unpaired) electrons. The monoisotopic (exact) mass is 409 g/mol. The number of fused-ring (bicyclic) bond motifs is 1. The molecule has 1 N–H and O–H groups in total. The second-order valence-electron chi connectivity index (χ2n) is 6.09. The largest absolute Gasteiger partial charge is 0.411 e. The minimum atomic E-state index is -0.0795. The highest BCUT2D eigenvalue weighted by atomic mass is 35.5. The first-order chi connectivity index (χ1) is 13.7. The Kier molecular flexibility index (Phi) is 5.60. The van der Waals surface area contributed by atoms with Crippen LogP contribution in [0.15, 0.2) is 76.4 Å². The summed E-state index contributed by atoms with van der Waals surface area (Å²) in [7, 11) is 0. The van der Waals surface area contributed by atoms with E-state index in [2.05, 4.69) is 21.6 Å². The number of carbonyl (C=O) groups excluding carboxylic acids is 1. The van der Waals surface area contributed by atoms with Gasteiger partial charge in [-0.05, 0) is 47.2 Å². The third-order valence-corrected chi connectivity index (χ3v) is 5.16. The number of nitrogens with one attached hydrogen (secondary N) is 1. The predicted molar refractivity (Wildman–Crippen MR) is 113 cm³/mol. The average molecular weight is 410 g/mol. The van der Waals surface area contributed by atoms with Crippen LogP contribution in [0.5, 0.6) is 0 Å². The van der Waals surface area contributed by atoms with Gasteiger partial charge in [0.25, 0.3) is 5.22 Å². The number of thioether (sulfide) groups is 1. The summed E-state index contributed by atoms with van der Waals surface area (Å²) in [6, 6.07) is 21.1. The van der Waals surface area contributed by atoms with Gasteiger partial charge in [-0.25, -0.2) is 0 Å². The van der Waals surface area contributed by atoms with Gasteiger partial charge in [0.05, 0.1) is 0 Å². The number of amides is 1. The fourth-order valence-electron chi connectivity index (χ4n) is 2.69. The van der Waals surface area contributed by atoms with E-state index in [1.54, 1.807) is 24.3 Å². The molecule has 0 aliphatic rings. The van der Waals surface area contributed by atoms with E-state index in [1.807, 2.05) is 36.4 Å². The summed E-state index contributed by atoms with van der Waals surface area (Å²) in [5.74, 6) is 0.932. The van der Waals surface area contributed by atoms with Crippen LogP contribution in [0.4, 0.5) is 5.69 Å². The molecule has 0 bridgehead atoms. The molecule has 0 atom stereocenters. The first kappa shape index (κ1) is 18.5. The van der Waals surface area contributed by atoms with Crippen molar-refractivity contribution in [2.45, 2.75) is 11.6 Å². The van der Waals surface area contributed by atoms with Gasteiger partial charge in [-0.15, -0.1) is 10.2 Å². The molecule has 28 heavy (non-hydrogen) atoms. The Balaban J connectivity index is 1.33. The van der Waals surface area contributed by atoms with Crippen LogP contribution >= 0.6 is 23.4 Å². The average Bonchev–Trinajstić information content (AvgIpc) is 3.18. The van der Waals surface area contributed by atoms with Crippen molar-refractivity contribution in [2.75, 3.05) is 11.1 Å². The molecule has 4 aromatic rings. The molecule has 0 saturated heterocycles. The first-order valence-electron chi connectivity index (χ1n) is 8.68. The van der Waals surface area contributed by atoms with Gasteiger partial charge in [0.2, 0.25) is 11.8 Å². The maximum absolute atomic E-state index is 12.0. The molecule has 0 aliphatic carbocycles. The van der Waals surface area contributed by atoms with Gasteiger partial charge in [-0.1, -0.05) is 53.7 Å². The standard InChI is InChI=1S/C21H16ClN3O2S/c22-17-7-9-18(10-8-17)23-19(26)11-12-28-21-25-24-20(27-21)16-6-5-14-3-1-2-4-15(14)13-16/h1-10,13H,11-12H2,(H,23,26). The summed E-state index contributed by atoms with van der Waals surface area (Å²) in [5, 5.41) is 14.4. The quantitative estimate of drug-likeness (QED) is 0.416. The zero-order chi connectivity index (χ0) is 19.3. The van der Waals surface area contributed by atoms with Crippen molar-refractivity contribution in [2.24, 2.45) is 0 Å². The number of anilines is 1. The van der Waals surface area contributed by atoms with Crippen molar-refractivity contribution < 1.29 is 9.21 Å². The fraction of sp³-hybridized carbons (Fsp3) is 0.0952. The van der Waals surface area contributed by atoms with Gasteiger partial charge in [0, 0.05) is 28.4 Å². The Labute approximate surface area is 171 Å². The molecule has 0 aliphatic heterocycles. The molecule has 1 heterocycles. The van der Waals surface area contributed by atoms with Crippen LogP contribution in [0.25, 0.3) is 22.2 Å². The summed E-state index contributed by atoms with van der Waals surface area (Å²) < 4.78 is 5.73. The summed E-state index contributed by atoms with van der Waals surface area (Å²) in [6.07, 6.45) is 0.334. The molecule has 1 amide bonds. The van der Waals surface area contributed by atoms with Gasteiger partial charge < -0.3 is 9.73 Å². The van der Waals surface area contributed by atoms with Gasteiger partial charge in [0.15, 0.2) is 0 Å². The Morgan fingerprint density at radius 3 is 2.61 bits per heavy atom. The van der Waals surface area contributed by atoms with Crippen molar-refractivity contribution in [3.8, 4) is 11.5 Å². The summed E-state index contributed by atoms with van der Waals surface area (Å²) in [4.78, 5) is 12.0. The number of benzene rings is 3. The number of nitrogens with zero attached hydrogens (tertiary/aromatic N) is 2. The van der Waals surface area contributed by atoms with Crippen LogP contribution < -0.4 is 5.32 Å². The molecule has 0 saturated carbocycles. The molecular weight excluding hydrogens is 394 g/mol. The van der Waals surface area contributed by atoms with E-state index in [4.69, 9.17) is 16.0 Å². The van der Waals surface area contributed by atoms with Crippen molar-refractivity contribution >= 4 is 45.7 Å². The van der Waals surface area contributed by atoms with E-state index in [9.17, 15) is 4.79 Å². The van der Waals surface area contributed by atoms with Crippen molar-refractivity contribution in [3.63, 3.8) is 0 Å². The number of aromatic nitrogens is 2. The lowest BCUT2D eigenvalue weighted by Gasteiger charge is -2.04. The number of halogens is 1. The molecule has 7 heteroatoms. The summed E-state index contributed by atoms with van der Waals surface area (Å²) in [6.45, 7) is 0. The number of rotatable bonds is 6. The number of hydrogen-bond acceptors (Lipinski definition) is 5. The molecule has 0 fully saturated rings. The zero-order valence-electron chi connectivity index (χ0n) is 14.8. The minimum Gasteiger partial charge on any atom is -0.411 e. The topological polar surface area (TPSA) is 68.0 Å². The van der Waals surface area contributed by atoms with E-state index in [-0.39, 0.29) is 5.91 Å². The maximum Gasteiger partial charge on any atom is 0.276 e. The van der Waals surface area contributed by atoms with Crippen LogP contribution in [-0.2, 0) is 4.79 Å². The van der Waals surface area contributed by atoms with Gasteiger partial charge in [0.1, 0.15) is 0 Å². The normalized spacial score (nSPS) is 10.9. The highest BCUT2D eigenvalue weighted by Crippen LogP contribution is 2.26. The van der Waals surface area contributed by atoms with E-state index in [0.29, 0.717) is 28.3 Å². The molecule has 0 unspecified atom stereocenters. The molecule has 140 valence electrons. The van der Waals surface area contributed by atoms with E-state index in [1.165, 1.54) is 11.8 Å². The third-order valence-electron chi connectivity index (χ3n) is 4.09. The van der Waals surface area contributed by atoms with Crippen molar-refractivity contribution in [3.05, 3.63) is 71.8 Å². The SMILES string of the molecule is O=C(CCSc1nnc(-c2ccc3ccccc3c2)o1)Nc1ccc(Cl)cc1. The molecule has 4 rings (SSSR count). The lowest BCUT2D eigenvalue weighted by Crippen LogP contribution is -2.11. The van der Waals surface area contributed by atoms with E-state index < -0.39 is 0 Å². The van der Waals surface area contributed by atoms with Gasteiger partial charge in [-0.2, -0.15) is 0 Å². The lowest BCUT2D eigenvalue weighted by atomic mass is 10.1. The maximum atomic E-state index is 12.0. The minimum absolute atomic E-state index is 0.0795. The van der Waals surface area contributed by atoms with Crippen LogP contribution in [0, 0.1) is 0 Å². The lowest BCUT2D eigenvalue weighted by molar-refractivity contribution is -0.115. The van der Waals surface area contributed by atoms with Gasteiger partial charge >= 0.3 is 0 Å². The smallest absolute Gasteiger partial charge is 0.276 e. The third kappa shape index (κ3) is 4.52. The zero-order valence-corrected chi connectivity index (χ0v) is 16.3. The van der Waals surface area contributed by atoms with Crippen LogP contribution in [0.3, 0.4) is 0 Å². The Bertz CT molecular complexity index is 1110. The summed E-state index contributed by atoms with van der Waals surface area (Å²) >= 11 is 7.19. The fourth-order valence-corrected chi connectivity index (χ4v) is 3.52. The van der Waals surface area contributed by atoms with Crippen molar-refractivity contribution in [1.82, 2.24) is 10.2 Å². The van der Waals surface area contributed by atoms with Crippen LogP contribution in [0.1, 0.15) is 6.42 Å².